The van der Waals surface area contributed by atoms with Crippen LogP contribution in [0.25, 0.3) is 0 Å². The van der Waals surface area contributed by atoms with Gasteiger partial charge in [-0.1, -0.05) is 6.07 Å². The molecule has 2 aliphatic rings. The van der Waals surface area contributed by atoms with Gasteiger partial charge < -0.3 is 19.5 Å². The molecule has 1 fully saturated rings. The number of ether oxygens (including phenoxy) is 3. The maximum Gasteiger partial charge on any atom is 0.235 e. The lowest BCUT2D eigenvalue weighted by Gasteiger charge is -2.16. The molecule has 1 saturated carbocycles. The Balaban J connectivity index is 1.51. The summed E-state index contributed by atoms with van der Waals surface area (Å²) in [4.78, 5) is 12.8. The van der Waals surface area contributed by atoms with Gasteiger partial charge in [0.15, 0.2) is 11.5 Å². The van der Waals surface area contributed by atoms with Crippen molar-refractivity contribution >= 4 is 11.6 Å². The smallest absolute Gasteiger partial charge is 0.235 e. The van der Waals surface area contributed by atoms with Crippen molar-refractivity contribution in [3.8, 4) is 17.2 Å². The van der Waals surface area contributed by atoms with Crippen molar-refractivity contribution in [3.05, 3.63) is 48.0 Å². The predicted molar refractivity (Wildman–Crippen MR) is 89.7 cm³/mol. The molecule has 24 heavy (non-hydrogen) atoms. The normalized spacial score (nSPS) is 16.5. The highest BCUT2D eigenvalue weighted by atomic mass is 16.7. The van der Waals surface area contributed by atoms with Crippen LogP contribution in [0.3, 0.4) is 0 Å². The summed E-state index contributed by atoms with van der Waals surface area (Å²) in [6.45, 7) is 2.81. The Bertz CT molecular complexity index is 765. The van der Waals surface area contributed by atoms with Crippen LogP contribution in [0.4, 0.5) is 5.69 Å². The van der Waals surface area contributed by atoms with Gasteiger partial charge in [-0.25, -0.2) is 0 Å². The highest BCUT2D eigenvalue weighted by Gasteiger charge is 2.51. The quantitative estimate of drug-likeness (QED) is 0.914. The van der Waals surface area contributed by atoms with Gasteiger partial charge >= 0.3 is 0 Å². The molecule has 0 saturated heterocycles. The molecule has 1 amide bonds. The van der Waals surface area contributed by atoms with Crippen LogP contribution in [-0.4, -0.2) is 19.3 Å². The molecule has 1 aliphatic carbocycles. The summed E-state index contributed by atoms with van der Waals surface area (Å²) in [6, 6.07) is 13.2. The first-order valence-corrected chi connectivity index (χ1v) is 8.16. The monoisotopic (exact) mass is 325 g/mol. The fraction of sp³-hybridized carbons (Fsp3) is 0.316. The predicted octanol–water partition coefficient (Wildman–Crippen LogP) is 3.48. The third kappa shape index (κ3) is 2.56. The van der Waals surface area contributed by atoms with Crippen LogP contribution in [0.15, 0.2) is 42.5 Å². The Kier molecular flexibility index (Phi) is 3.56. The van der Waals surface area contributed by atoms with E-state index in [2.05, 4.69) is 5.32 Å². The van der Waals surface area contributed by atoms with Crippen molar-refractivity contribution in [2.75, 3.05) is 18.7 Å². The lowest BCUT2D eigenvalue weighted by Crippen LogP contribution is -2.27. The Morgan fingerprint density at radius 1 is 1.12 bits per heavy atom. The molecule has 0 radical (unpaired) electrons. The molecule has 5 heteroatoms. The summed E-state index contributed by atoms with van der Waals surface area (Å²) in [7, 11) is 0. The lowest BCUT2D eigenvalue weighted by molar-refractivity contribution is -0.118. The standard InChI is InChI=1S/C19H19NO4/c1-2-22-15-6-4-14(5-7-15)20-18(21)19(9-10-19)13-3-8-16-17(11-13)24-12-23-16/h3-8,11H,2,9-10,12H2,1H3,(H,20,21). The second kappa shape index (κ2) is 5.74. The van der Waals surface area contributed by atoms with Crippen molar-refractivity contribution in [2.45, 2.75) is 25.2 Å². The summed E-state index contributed by atoms with van der Waals surface area (Å²) >= 11 is 0. The number of carbonyl (C=O) groups is 1. The van der Waals surface area contributed by atoms with Gasteiger partial charge in [0.05, 0.1) is 12.0 Å². The number of fused-ring (bicyclic) bond motifs is 1. The van der Waals surface area contributed by atoms with Crippen LogP contribution >= 0.6 is 0 Å². The van der Waals surface area contributed by atoms with Crippen LogP contribution in [-0.2, 0) is 10.2 Å². The van der Waals surface area contributed by atoms with Crippen LogP contribution in [0.2, 0.25) is 0 Å². The summed E-state index contributed by atoms with van der Waals surface area (Å²) in [5.74, 6) is 2.27. The first-order valence-electron chi connectivity index (χ1n) is 8.16. The van der Waals surface area contributed by atoms with Gasteiger partial charge in [0.1, 0.15) is 5.75 Å². The highest BCUT2D eigenvalue weighted by molar-refractivity contribution is 6.01. The Morgan fingerprint density at radius 2 is 1.88 bits per heavy atom. The van der Waals surface area contributed by atoms with Gasteiger partial charge in [0.2, 0.25) is 12.7 Å². The fourth-order valence-corrected chi connectivity index (χ4v) is 3.02. The van der Waals surface area contributed by atoms with Crippen LogP contribution in [0.1, 0.15) is 25.3 Å². The van der Waals surface area contributed by atoms with Gasteiger partial charge in [-0.2, -0.15) is 0 Å². The van der Waals surface area contributed by atoms with Gasteiger partial charge in [-0.15, -0.1) is 0 Å². The van der Waals surface area contributed by atoms with Crippen molar-refractivity contribution in [3.63, 3.8) is 0 Å². The largest absolute Gasteiger partial charge is 0.494 e. The van der Waals surface area contributed by atoms with Crippen LogP contribution in [0, 0.1) is 0 Å². The minimum Gasteiger partial charge on any atom is -0.494 e. The summed E-state index contributed by atoms with van der Waals surface area (Å²) < 4.78 is 16.2. The van der Waals surface area contributed by atoms with Crippen LogP contribution in [0.5, 0.6) is 17.2 Å². The number of benzene rings is 2. The van der Waals surface area contributed by atoms with E-state index in [-0.39, 0.29) is 12.7 Å². The molecule has 124 valence electrons. The van der Waals surface area contributed by atoms with Crippen molar-refractivity contribution < 1.29 is 19.0 Å². The topological polar surface area (TPSA) is 56.8 Å². The Hall–Kier alpha value is -2.69. The average molecular weight is 325 g/mol. The van der Waals surface area contributed by atoms with Gasteiger partial charge in [0.25, 0.3) is 0 Å². The Labute approximate surface area is 140 Å². The van der Waals surface area contributed by atoms with Crippen molar-refractivity contribution in [1.29, 1.82) is 0 Å². The molecule has 2 aromatic carbocycles. The number of anilines is 1. The second-order valence-electron chi connectivity index (χ2n) is 6.06. The molecule has 0 bridgehead atoms. The summed E-state index contributed by atoms with van der Waals surface area (Å²) in [6.07, 6.45) is 1.69. The molecule has 0 atom stereocenters. The van der Waals surface area contributed by atoms with E-state index < -0.39 is 5.41 Å². The maximum atomic E-state index is 12.8. The zero-order valence-corrected chi connectivity index (χ0v) is 13.5. The zero-order chi connectivity index (χ0) is 16.6. The fourth-order valence-electron chi connectivity index (χ4n) is 3.02. The Morgan fingerprint density at radius 3 is 2.58 bits per heavy atom. The first-order chi connectivity index (χ1) is 11.7. The molecule has 0 spiro atoms. The van der Waals surface area contributed by atoms with E-state index in [1.807, 2.05) is 49.4 Å². The van der Waals surface area contributed by atoms with E-state index in [0.29, 0.717) is 12.4 Å². The summed E-state index contributed by atoms with van der Waals surface area (Å²) in [5.41, 5.74) is 1.30. The minimum absolute atomic E-state index is 0.0190. The number of nitrogens with one attached hydrogen (secondary N) is 1. The number of hydrogen-bond donors (Lipinski definition) is 1. The van der Waals surface area contributed by atoms with Gasteiger partial charge in [0, 0.05) is 5.69 Å². The van der Waals surface area contributed by atoms with E-state index in [1.54, 1.807) is 0 Å². The third-order valence-electron chi connectivity index (χ3n) is 4.53. The molecule has 0 aromatic heterocycles. The van der Waals surface area contributed by atoms with E-state index in [1.165, 1.54) is 0 Å². The number of carbonyl (C=O) groups excluding carboxylic acids is 1. The first kappa shape index (κ1) is 14.9. The van der Waals surface area contributed by atoms with E-state index in [4.69, 9.17) is 14.2 Å². The molecular weight excluding hydrogens is 306 g/mol. The molecule has 1 N–H and O–H groups in total. The third-order valence-corrected chi connectivity index (χ3v) is 4.53. The lowest BCUT2D eigenvalue weighted by atomic mass is 9.94. The minimum atomic E-state index is -0.459. The molecule has 5 nitrogen and oxygen atoms in total. The van der Waals surface area contributed by atoms with Gasteiger partial charge in [-0.05, 0) is 61.7 Å². The molecule has 1 heterocycles. The molecule has 4 rings (SSSR count). The number of amides is 1. The SMILES string of the molecule is CCOc1ccc(NC(=O)C2(c3ccc4c(c3)OCO4)CC2)cc1. The maximum absolute atomic E-state index is 12.8. The zero-order valence-electron chi connectivity index (χ0n) is 13.5. The van der Waals surface area contributed by atoms with Crippen molar-refractivity contribution in [1.82, 2.24) is 0 Å². The van der Waals surface area contributed by atoms with Gasteiger partial charge in [-0.3, -0.25) is 4.79 Å². The van der Waals surface area contributed by atoms with Crippen molar-refractivity contribution in [2.24, 2.45) is 0 Å². The highest BCUT2D eigenvalue weighted by Crippen LogP contribution is 2.51. The molecular formula is C19H19NO4. The molecule has 0 unspecified atom stereocenters. The number of hydrogen-bond acceptors (Lipinski definition) is 4. The van der Waals surface area contributed by atoms with E-state index >= 15 is 0 Å². The van der Waals surface area contributed by atoms with E-state index in [9.17, 15) is 4.79 Å². The molecule has 1 aliphatic heterocycles. The summed E-state index contributed by atoms with van der Waals surface area (Å²) in [5, 5.41) is 3.01. The molecule has 2 aromatic rings. The average Bonchev–Trinajstić information content (AvgIpc) is 3.28. The number of rotatable bonds is 5. The van der Waals surface area contributed by atoms with Crippen LogP contribution < -0.4 is 19.5 Å². The second-order valence-corrected chi connectivity index (χ2v) is 6.06. The van der Waals surface area contributed by atoms with E-state index in [0.717, 1.165) is 35.6 Å².